The SMILES string of the molecule is Cc1c(Br)c(C(F)(F)F)nn1C(C)C(=O)NC1CCCCC1CN(C)C. The number of alkyl halides is 3. The summed E-state index contributed by atoms with van der Waals surface area (Å²) in [6.45, 7) is 3.97. The maximum absolute atomic E-state index is 13.0. The second-order valence-electron chi connectivity index (χ2n) is 7.29. The molecule has 1 amide bonds. The molecule has 1 fully saturated rings. The van der Waals surface area contributed by atoms with Gasteiger partial charge in [0.25, 0.3) is 0 Å². The predicted molar refractivity (Wildman–Crippen MR) is 96.8 cm³/mol. The minimum Gasteiger partial charge on any atom is -0.351 e. The first-order valence-electron chi connectivity index (χ1n) is 8.79. The average molecular weight is 439 g/mol. The van der Waals surface area contributed by atoms with Gasteiger partial charge >= 0.3 is 6.18 Å². The number of hydrogen-bond acceptors (Lipinski definition) is 3. The van der Waals surface area contributed by atoms with E-state index >= 15 is 0 Å². The van der Waals surface area contributed by atoms with E-state index in [9.17, 15) is 18.0 Å². The van der Waals surface area contributed by atoms with E-state index in [0.29, 0.717) is 5.92 Å². The number of carbonyl (C=O) groups is 1. The van der Waals surface area contributed by atoms with Crippen LogP contribution in [0.1, 0.15) is 50.0 Å². The standard InChI is InChI=1S/C17H26BrF3N4O/c1-10-14(18)15(17(19,20)21)23-25(10)11(2)16(26)22-13-8-6-5-7-12(13)9-24(3)4/h11-13H,5-9H2,1-4H3,(H,22,26). The molecule has 2 rings (SSSR count). The maximum Gasteiger partial charge on any atom is 0.436 e. The van der Waals surface area contributed by atoms with Gasteiger partial charge in [-0.1, -0.05) is 12.8 Å². The van der Waals surface area contributed by atoms with Crippen molar-refractivity contribution in [1.82, 2.24) is 20.0 Å². The Hall–Kier alpha value is -1.09. The highest BCUT2D eigenvalue weighted by atomic mass is 79.9. The van der Waals surface area contributed by atoms with Gasteiger partial charge in [-0.25, -0.2) is 0 Å². The van der Waals surface area contributed by atoms with Crippen molar-refractivity contribution in [1.29, 1.82) is 0 Å². The molecule has 3 atom stereocenters. The maximum atomic E-state index is 13.0. The molecule has 0 radical (unpaired) electrons. The molecule has 3 unspecified atom stereocenters. The normalized spacial score (nSPS) is 22.5. The molecule has 5 nitrogen and oxygen atoms in total. The number of nitrogens with one attached hydrogen (secondary N) is 1. The van der Waals surface area contributed by atoms with Crippen molar-refractivity contribution >= 4 is 21.8 Å². The first kappa shape index (κ1) is 21.2. The Morgan fingerprint density at radius 2 is 2.00 bits per heavy atom. The van der Waals surface area contributed by atoms with Crippen LogP contribution in [-0.2, 0) is 11.0 Å². The van der Waals surface area contributed by atoms with Crippen molar-refractivity contribution in [3.8, 4) is 0 Å². The molecule has 0 saturated heterocycles. The number of hydrogen-bond donors (Lipinski definition) is 1. The summed E-state index contributed by atoms with van der Waals surface area (Å²) < 4.78 is 40.1. The third-order valence-electron chi connectivity index (χ3n) is 4.93. The van der Waals surface area contributed by atoms with Crippen LogP contribution in [0.5, 0.6) is 0 Å². The number of rotatable bonds is 5. The van der Waals surface area contributed by atoms with Crippen LogP contribution in [0.3, 0.4) is 0 Å². The van der Waals surface area contributed by atoms with E-state index in [-0.39, 0.29) is 22.1 Å². The minimum absolute atomic E-state index is 0.0440. The van der Waals surface area contributed by atoms with E-state index in [1.54, 1.807) is 6.92 Å². The van der Waals surface area contributed by atoms with E-state index in [1.807, 2.05) is 14.1 Å². The van der Waals surface area contributed by atoms with Gasteiger partial charge in [0.15, 0.2) is 5.69 Å². The fourth-order valence-electron chi connectivity index (χ4n) is 3.56. The second-order valence-corrected chi connectivity index (χ2v) is 8.08. The van der Waals surface area contributed by atoms with Gasteiger partial charge in [0.05, 0.1) is 10.2 Å². The van der Waals surface area contributed by atoms with Crippen LogP contribution in [0, 0.1) is 12.8 Å². The molecule has 1 aromatic heterocycles. The first-order valence-corrected chi connectivity index (χ1v) is 9.58. The Morgan fingerprint density at radius 3 is 2.54 bits per heavy atom. The van der Waals surface area contributed by atoms with Crippen LogP contribution in [0.4, 0.5) is 13.2 Å². The number of halogens is 4. The van der Waals surface area contributed by atoms with Gasteiger partial charge in [0, 0.05) is 12.6 Å². The lowest BCUT2D eigenvalue weighted by Gasteiger charge is -2.34. The summed E-state index contributed by atoms with van der Waals surface area (Å²) in [6.07, 6.45) is -0.436. The Kier molecular flexibility index (Phi) is 6.76. The molecule has 26 heavy (non-hydrogen) atoms. The van der Waals surface area contributed by atoms with Crippen molar-refractivity contribution in [3.05, 3.63) is 15.9 Å². The van der Waals surface area contributed by atoms with Gasteiger partial charge < -0.3 is 10.2 Å². The predicted octanol–water partition coefficient (Wildman–Crippen LogP) is 3.77. The lowest BCUT2D eigenvalue weighted by molar-refractivity contribution is -0.142. The fourth-order valence-corrected chi connectivity index (χ4v) is 4.04. The molecule has 1 aliphatic carbocycles. The molecule has 1 aliphatic rings. The van der Waals surface area contributed by atoms with Gasteiger partial charge in [-0.3, -0.25) is 9.48 Å². The monoisotopic (exact) mass is 438 g/mol. The molecule has 1 heterocycles. The van der Waals surface area contributed by atoms with Gasteiger partial charge in [-0.15, -0.1) is 0 Å². The Balaban J connectivity index is 2.14. The third-order valence-corrected chi connectivity index (χ3v) is 5.88. The third kappa shape index (κ3) is 4.79. The summed E-state index contributed by atoms with van der Waals surface area (Å²) in [4.78, 5) is 14.8. The van der Waals surface area contributed by atoms with E-state index < -0.39 is 17.9 Å². The van der Waals surface area contributed by atoms with E-state index in [0.717, 1.165) is 36.9 Å². The molecule has 0 spiro atoms. The highest BCUT2D eigenvalue weighted by Gasteiger charge is 2.39. The van der Waals surface area contributed by atoms with Gasteiger partial charge in [0.1, 0.15) is 6.04 Å². The van der Waals surface area contributed by atoms with Crippen molar-refractivity contribution in [2.45, 2.75) is 57.8 Å². The molecular weight excluding hydrogens is 413 g/mol. The topological polar surface area (TPSA) is 50.2 Å². The van der Waals surface area contributed by atoms with Crippen LogP contribution in [0.25, 0.3) is 0 Å². The van der Waals surface area contributed by atoms with Crippen LogP contribution in [-0.4, -0.2) is 47.3 Å². The lowest BCUT2D eigenvalue weighted by Crippen LogP contribution is -2.47. The van der Waals surface area contributed by atoms with E-state index in [2.05, 4.69) is 31.2 Å². The van der Waals surface area contributed by atoms with Crippen molar-refractivity contribution in [3.63, 3.8) is 0 Å². The largest absolute Gasteiger partial charge is 0.436 e. The van der Waals surface area contributed by atoms with Crippen molar-refractivity contribution < 1.29 is 18.0 Å². The van der Waals surface area contributed by atoms with Crippen LogP contribution >= 0.6 is 15.9 Å². The van der Waals surface area contributed by atoms with Gasteiger partial charge in [-0.2, -0.15) is 18.3 Å². The van der Waals surface area contributed by atoms with E-state index in [1.165, 1.54) is 6.92 Å². The first-order chi connectivity index (χ1) is 12.0. The lowest BCUT2D eigenvalue weighted by atomic mass is 9.84. The molecule has 0 aromatic carbocycles. The van der Waals surface area contributed by atoms with Crippen LogP contribution in [0.2, 0.25) is 0 Å². The Morgan fingerprint density at radius 1 is 1.38 bits per heavy atom. The number of aromatic nitrogens is 2. The summed E-state index contributed by atoms with van der Waals surface area (Å²) >= 11 is 2.95. The number of nitrogens with zero attached hydrogens (tertiary/aromatic N) is 3. The zero-order valence-corrected chi connectivity index (χ0v) is 17.1. The second kappa shape index (κ2) is 8.29. The van der Waals surface area contributed by atoms with Crippen molar-refractivity contribution in [2.24, 2.45) is 5.92 Å². The molecule has 0 bridgehead atoms. The average Bonchev–Trinajstić information content (AvgIpc) is 2.84. The number of amides is 1. The molecule has 0 aliphatic heterocycles. The van der Waals surface area contributed by atoms with Crippen molar-refractivity contribution in [2.75, 3.05) is 20.6 Å². The summed E-state index contributed by atoms with van der Waals surface area (Å²) in [5.74, 6) is 0.0542. The van der Waals surface area contributed by atoms with E-state index in [4.69, 9.17) is 0 Å². The zero-order chi connectivity index (χ0) is 19.6. The zero-order valence-electron chi connectivity index (χ0n) is 15.5. The molecule has 1 aromatic rings. The number of carbonyl (C=O) groups excluding carboxylic acids is 1. The molecule has 9 heteroatoms. The summed E-state index contributed by atoms with van der Waals surface area (Å²) in [5, 5.41) is 6.68. The Bertz CT molecular complexity index is 645. The minimum atomic E-state index is -4.56. The summed E-state index contributed by atoms with van der Waals surface area (Å²) in [5.41, 5.74) is -0.716. The molecule has 1 N–H and O–H groups in total. The summed E-state index contributed by atoms with van der Waals surface area (Å²) in [6, 6.07) is -0.771. The van der Waals surface area contributed by atoms with Crippen LogP contribution < -0.4 is 5.32 Å². The quantitative estimate of drug-likeness (QED) is 0.760. The van der Waals surface area contributed by atoms with Crippen LogP contribution in [0.15, 0.2) is 4.47 Å². The molecule has 148 valence electrons. The molecule has 1 saturated carbocycles. The highest BCUT2D eigenvalue weighted by Crippen LogP contribution is 2.36. The summed E-state index contributed by atoms with van der Waals surface area (Å²) in [7, 11) is 4.00. The smallest absolute Gasteiger partial charge is 0.351 e. The van der Waals surface area contributed by atoms with Gasteiger partial charge in [-0.05, 0) is 62.6 Å². The Labute approximate surface area is 160 Å². The van der Waals surface area contributed by atoms with Gasteiger partial charge in [0.2, 0.25) is 5.91 Å². The fraction of sp³-hybridized carbons (Fsp3) is 0.765. The molecular formula is C17H26BrF3N4O. The highest BCUT2D eigenvalue weighted by molar-refractivity contribution is 9.10.